The van der Waals surface area contributed by atoms with Gasteiger partial charge in [0.25, 0.3) is 0 Å². The van der Waals surface area contributed by atoms with Crippen molar-refractivity contribution in [1.29, 1.82) is 0 Å². The predicted octanol–water partition coefficient (Wildman–Crippen LogP) is 0.866. The second kappa shape index (κ2) is 5.67. The summed E-state index contributed by atoms with van der Waals surface area (Å²) < 4.78 is 10.2. The summed E-state index contributed by atoms with van der Waals surface area (Å²) >= 11 is 0. The van der Waals surface area contributed by atoms with Gasteiger partial charge in [-0.25, -0.2) is 4.79 Å². The Bertz CT molecular complexity index is 308. The van der Waals surface area contributed by atoms with Gasteiger partial charge in [0.15, 0.2) is 6.29 Å². The summed E-state index contributed by atoms with van der Waals surface area (Å²) in [4.78, 5) is 23.0. The summed E-state index contributed by atoms with van der Waals surface area (Å²) in [5.74, 6) is 0. The number of hydrogen-bond donors (Lipinski definition) is 2. The molecule has 0 aliphatic carbocycles. The fraction of sp³-hybridized carbons (Fsp3) is 0.833. The number of amides is 1. The van der Waals surface area contributed by atoms with E-state index in [9.17, 15) is 14.7 Å². The molecule has 1 amide bonds. The molecule has 2 N–H and O–H groups in total. The molecule has 106 valence electrons. The Labute approximate surface area is 108 Å². The smallest absolute Gasteiger partial charge is 0.408 e. The van der Waals surface area contributed by atoms with Gasteiger partial charge >= 0.3 is 6.09 Å². The van der Waals surface area contributed by atoms with Crippen LogP contribution in [0.25, 0.3) is 0 Å². The highest BCUT2D eigenvalue weighted by atomic mass is 16.6. The van der Waals surface area contributed by atoms with E-state index in [-0.39, 0.29) is 0 Å². The normalized spacial score (nSPS) is 15.7. The zero-order valence-corrected chi connectivity index (χ0v) is 11.9. The van der Waals surface area contributed by atoms with Crippen LogP contribution in [0.2, 0.25) is 0 Å². The van der Waals surface area contributed by atoms with Crippen molar-refractivity contribution in [3.63, 3.8) is 0 Å². The third kappa shape index (κ3) is 3.96. The molecule has 0 saturated heterocycles. The maximum Gasteiger partial charge on any atom is 0.408 e. The Morgan fingerprint density at radius 1 is 1.28 bits per heavy atom. The first kappa shape index (κ1) is 16.9. The highest BCUT2D eigenvalue weighted by Crippen LogP contribution is 2.24. The van der Waals surface area contributed by atoms with Crippen LogP contribution in [0.4, 0.5) is 4.79 Å². The molecule has 0 bridgehead atoms. The molecule has 0 aromatic heterocycles. The van der Waals surface area contributed by atoms with Gasteiger partial charge in [0.1, 0.15) is 11.1 Å². The quantitative estimate of drug-likeness (QED) is 0.717. The lowest BCUT2D eigenvalue weighted by Gasteiger charge is -2.40. The number of carbonyl (C=O) groups is 2. The molecule has 1 atom stereocenters. The van der Waals surface area contributed by atoms with Gasteiger partial charge in [-0.15, -0.1) is 0 Å². The lowest BCUT2D eigenvalue weighted by Crippen LogP contribution is -2.66. The molecule has 0 spiro atoms. The Kier molecular flexibility index (Phi) is 5.31. The number of rotatable bonds is 5. The second-order valence-corrected chi connectivity index (χ2v) is 5.59. The van der Waals surface area contributed by atoms with E-state index in [0.29, 0.717) is 6.29 Å². The lowest BCUT2D eigenvalue weighted by molar-refractivity contribution is -0.131. The molecule has 0 heterocycles. The molecule has 6 nitrogen and oxygen atoms in total. The number of aldehydes is 1. The standard InChI is InChI=1S/C12H23NO5/c1-10(2,3)18-9(16)13-12(7-14,8-15)11(4,5)17-6/h7,15H,8H2,1-6H3,(H,13,16)/t12-/m1/s1. The van der Waals surface area contributed by atoms with Crippen LogP contribution in [0.15, 0.2) is 0 Å². The Balaban J connectivity index is 5.05. The largest absolute Gasteiger partial charge is 0.444 e. The number of nitrogens with one attached hydrogen (secondary N) is 1. The van der Waals surface area contributed by atoms with Crippen molar-refractivity contribution >= 4 is 12.4 Å². The van der Waals surface area contributed by atoms with Gasteiger partial charge in [-0.3, -0.25) is 0 Å². The van der Waals surface area contributed by atoms with Crippen LogP contribution in [0.5, 0.6) is 0 Å². The van der Waals surface area contributed by atoms with Gasteiger partial charge in [-0.05, 0) is 34.6 Å². The highest BCUT2D eigenvalue weighted by Gasteiger charge is 2.47. The third-order valence-corrected chi connectivity index (χ3v) is 2.76. The summed E-state index contributed by atoms with van der Waals surface area (Å²) in [6, 6.07) is 0. The topological polar surface area (TPSA) is 84.9 Å². The number of ether oxygens (including phenoxy) is 2. The summed E-state index contributed by atoms with van der Waals surface area (Å²) in [5.41, 5.74) is -3.31. The van der Waals surface area contributed by atoms with E-state index in [4.69, 9.17) is 9.47 Å². The minimum atomic E-state index is -1.55. The van der Waals surface area contributed by atoms with E-state index in [0.717, 1.165) is 0 Å². The predicted molar refractivity (Wildman–Crippen MR) is 66.3 cm³/mol. The molecule has 0 unspecified atom stereocenters. The first-order valence-electron chi connectivity index (χ1n) is 5.67. The molecule has 0 radical (unpaired) electrons. The Hall–Kier alpha value is -1.14. The van der Waals surface area contributed by atoms with Crippen molar-refractivity contribution in [3.05, 3.63) is 0 Å². The molecule has 0 aromatic rings. The van der Waals surface area contributed by atoms with E-state index >= 15 is 0 Å². The van der Waals surface area contributed by atoms with Crippen molar-refractivity contribution in [1.82, 2.24) is 5.32 Å². The first-order chi connectivity index (χ1) is 8.03. The van der Waals surface area contributed by atoms with Crippen LogP contribution < -0.4 is 5.32 Å². The van der Waals surface area contributed by atoms with E-state index < -0.39 is 29.4 Å². The minimum absolute atomic E-state index is 0.459. The molecule has 0 aliphatic rings. The summed E-state index contributed by atoms with van der Waals surface area (Å²) in [6.07, 6.45) is -0.325. The van der Waals surface area contributed by atoms with Crippen LogP contribution in [0.3, 0.4) is 0 Å². The maximum absolute atomic E-state index is 11.7. The van der Waals surface area contributed by atoms with Gasteiger partial charge in [0.2, 0.25) is 0 Å². The second-order valence-electron chi connectivity index (χ2n) is 5.59. The number of aliphatic hydroxyl groups is 1. The Morgan fingerprint density at radius 2 is 1.78 bits per heavy atom. The van der Waals surface area contributed by atoms with E-state index in [1.54, 1.807) is 34.6 Å². The highest BCUT2D eigenvalue weighted by molar-refractivity contribution is 5.78. The van der Waals surface area contributed by atoms with E-state index in [1.807, 2.05) is 0 Å². The van der Waals surface area contributed by atoms with Gasteiger partial charge in [-0.2, -0.15) is 0 Å². The molecular formula is C12H23NO5. The van der Waals surface area contributed by atoms with Crippen molar-refractivity contribution in [2.45, 2.75) is 51.4 Å². The van der Waals surface area contributed by atoms with Gasteiger partial charge < -0.3 is 24.7 Å². The molecule has 0 fully saturated rings. The number of alkyl carbamates (subject to hydrolysis) is 1. The summed E-state index contributed by atoms with van der Waals surface area (Å²) in [5, 5.41) is 11.8. The lowest BCUT2D eigenvalue weighted by atomic mass is 9.84. The first-order valence-corrected chi connectivity index (χ1v) is 5.67. The van der Waals surface area contributed by atoms with Crippen molar-refractivity contribution in [2.75, 3.05) is 13.7 Å². The molecule has 0 rings (SSSR count). The number of hydrogen-bond acceptors (Lipinski definition) is 5. The minimum Gasteiger partial charge on any atom is -0.444 e. The van der Waals surface area contributed by atoms with Crippen LogP contribution in [0.1, 0.15) is 34.6 Å². The van der Waals surface area contributed by atoms with Crippen LogP contribution in [-0.4, -0.2) is 47.9 Å². The summed E-state index contributed by atoms with van der Waals surface area (Å²) in [7, 11) is 1.39. The van der Waals surface area contributed by atoms with Crippen molar-refractivity contribution < 1.29 is 24.2 Å². The van der Waals surface area contributed by atoms with Crippen LogP contribution in [0, 0.1) is 0 Å². The average molecular weight is 261 g/mol. The third-order valence-electron chi connectivity index (χ3n) is 2.76. The zero-order chi connectivity index (χ0) is 14.6. The van der Waals surface area contributed by atoms with Crippen molar-refractivity contribution in [3.8, 4) is 0 Å². The molecule has 0 aromatic carbocycles. The van der Waals surface area contributed by atoms with Crippen LogP contribution >= 0.6 is 0 Å². The number of carbonyl (C=O) groups excluding carboxylic acids is 2. The number of aliphatic hydroxyl groups excluding tert-OH is 1. The number of methoxy groups -OCH3 is 1. The fourth-order valence-corrected chi connectivity index (χ4v) is 1.26. The average Bonchev–Trinajstić information content (AvgIpc) is 2.23. The van der Waals surface area contributed by atoms with Gasteiger partial charge in [0.05, 0.1) is 12.2 Å². The zero-order valence-electron chi connectivity index (χ0n) is 11.9. The molecule has 6 heteroatoms. The molecule has 0 saturated carbocycles. The van der Waals surface area contributed by atoms with E-state index in [1.165, 1.54) is 7.11 Å². The van der Waals surface area contributed by atoms with E-state index in [2.05, 4.69) is 5.32 Å². The maximum atomic E-state index is 11.7. The van der Waals surface area contributed by atoms with Crippen LogP contribution in [-0.2, 0) is 14.3 Å². The molecule has 0 aliphatic heterocycles. The monoisotopic (exact) mass is 261 g/mol. The fourth-order valence-electron chi connectivity index (χ4n) is 1.26. The molecule has 18 heavy (non-hydrogen) atoms. The Morgan fingerprint density at radius 3 is 2.06 bits per heavy atom. The van der Waals surface area contributed by atoms with Crippen molar-refractivity contribution in [2.24, 2.45) is 0 Å². The van der Waals surface area contributed by atoms with Gasteiger partial charge in [0, 0.05) is 7.11 Å². The summed E-state index contributed by atoms with van der Waals surface area (Å²) in [6.45, 7) is 7.71. The SMILES string of the molecule is COC(C)(C)[C@@](C=O)(CO)NC(=O)OC(C)(C)C. The molecular weight excluding hydrogens is 238 g/mol. The van der Waals surface area contributed by atoms with Gasteiger partial charge in [-0.1, -0.05) is 0 Å².